The number of nitrogens with one attached hydrogen (secondary N) is 2. The number of carbonyl (C=O) groups excluding carboxylic acids is 2. The van der Waals surface area contributed by atoms with Crippen molar-refractivity contribution >= 4 is 23.0 Å². The van der Waals surface area contributed by atoms with Gasteiger partial charge in [0.15, 0.2) is 0 Å². The van der Waals surface area contributed by atoms with Crippen molar-refractivity contribution < 1.29 is 19.1 Å². The van der Waals surface area contributed by atoms with E-state index < -0.39 is 18.1 Å². The molecule has 1 atom stereocenters. The monoisotopic (exact) mass is 353 g/mol. The summed E-state index contributed by atoms with van der Waals surface area (Å²) < 4.78 is 10.00. The third kappa shape index (κ3) is 4.00. The summed E-state index contributed by atoms with van der Waals surface area (Å²) in [6, 6.07) is 11.6. The summed E-state index contributed by atoms with van der Waals surface area (Å²) >= 11 is 0. The molecular weight excluding hydrogens is 334 g/mol. The largest absolute Gasteiger partial charge is 0.467 e. The Morgan fingerprint density at radius 3 is 2.73 bits per heavy atom. The summed E-state index contributed by atoms with van der Waals surface area (Å²) in [7, 11) is 1.28. The molecule has 0 unspecified atom stereocenters. The molecule has 0 aliphatic carbocycles. The van der Waals surface area contributed by atoms with Crippen molar-refractivity contribution in [3.63, 3.8) is 0 Å². The number of hydrogen-bond donors (Lipinski definition) is 2. The van der Waals surface area contributed by atoms with Gasteiger partial charge in [0.1, 0.15) is 11.8 Å². The summed E-state index contributed by atoms with van der Waals surface area (Å²) in [5.41, 5.74) is 2.83. The molecule has 3 aromatic rings. The van der Waals surface area contributed by atoms with E-state index in [0.29, 0.717) is 5.75 Å². The Morgan fingerprint density at radius 2 is 2.00 bits per heavy atom. The van der Waals surface area contributed by atoms with E-state index in [4.69, 9.17) is 9.47 Å². The lowest BCUT2D eigenvalue weighted by molar-refractivity contribution is -0.142. The van der Waals surface area contributed by atoms with E-state index in [0.717, 1.165) is 22.0 Å². The summed E-state index contributed by atoms with van der Waals surface area (Å²) in [5, 5.41) is 10.5. The molecule has 2 N–H and O–H groups in total. The van der Waals surface area contributed by atoms with Gasteiger partial charge < -0.3 is 14.8 Å². The van der Waals surface area contributed by atoms with Gasteiger partial charge in [-0.05, 0) is 36.2 Å². The van der Waals surface area contributed by atoms with Gasteiger partial charge in [0.05, 0.1) is 18.8 Å². The minimum Gasteiger partial charge on any atom is -0.467 e. The van der Waals surface area contributed by atoms with Crippen LogP contribution in [0.3, 0.4) is 0 Å². The third-order valence-electron chi connectivity index (χ3n) is 3.98. The van der Waals surface area contributed by atoms with Gasteiger partial charge in [0.2, 0.25) is 0 Å². The molecule has 0 fully saturated rings. The van der Waals surface area contributed by atoms with Crippen LogP contribution in [0, 0.1) is 6.92 Å². The van der Waals surface area contributed by atoms with Crippen molar-refractivity contribution in [1.82, 2.24) is 15.5 Å². The average molecular weight is 353 g/mol. The van der Waals surface area contributed by atoms with E-state index in [1.54, 1.807) is 30.5 Å². The van der Waals surface area contributed by atoms with E-state index in [9.17, 15) is 9.59 Å². The zero-order valence-electron chi connectivity index (χ0n) is 14.5. The molecule has 7 heteroatoms. The maximum absolute atomic E-state index is 12.1. The van der Waals surface area contributed by atoms with Crippen LogP contribution in [0.2, 0.25) is 0 Å². The number of H-pyrrole nitrogens is 1. The minimum absolute atomic E-state index is 0.276. The van der Waals surface area contributed by atoms with Crippen LogP contribution in [0.15, 0.2) is 48.7 Å². The van der Waals surface area contributed by atoms with Crippen LogP contribution in [-0.4, -0.2) is 35.4 Å². The SMILES string of the molecule is COC(=O)[C@H](Cc1cc(C)c2[nH]ncc2c1)NC(=O)Oc1ccccc1. The highest BCUT2D eigenvalue weighted by molar-refractivity contribution is 5.84. The van der Waals surface area contributed by atoms with Gasteiger partial charge in [-0.2, -0.15) is 5.10 Å². The zero-order chi connectivity index (χ0) is 18.5. The molecule has 0 aliphatic rings. The lowest BCUT2D eigenvalue weighted by Crippen LogP contribution is -2.44. The molecule has 0 saturated heterocycles. The number of aromatic amines is 1. The highest BCUT2D eigenvalue weighted by Crippen LogP contribution is 2.19. The Kier molecular flexibility index (Phi) is 5.17. The predicted molar refractivity (Wildman–Crippen MR) is 95.9 cm³/mol. The lowest BCUT2D eigenvalue weighted by atomic mass is 10.0. The minimum atomic E-state index is -0.861. The van der Waals surface area contributed by atoms with E-state index in [1.165, 1.54) is 7.11 Å². The van der Waals surface area contributed by atoms with Gasteiger partial charge in [-0.1, -0.05) is 24.3 Å². The lowest BCUT2D eigenvalue weighted by Gasteiger charge is -2.17. The molecule has 1 heterocycles. The molecule has 7 nitrogen and oxygen atoms in total. The van der Waals surface area contributed by atoms with Crippen LogP contribution in [-0.2, 0) is 16.0 Å². The standard InChI is InChI=1S/C19H19N3O4/c1-12-8-13(9-14-11-20-22-17(12)14)10-16(18(23)25-2)21-19(24)26-15-6-4-3-5-7-15/h3-9,11,16H,10H2,1-2H3,(H,20,22)(H,21,24)/t16-/m0/s1. The molecule has 0 bridgehead atoms. The Labute approximate surface area is 150 Å². The molecule has 1 amide bonds. The topological polar surface area (TPSA) is 93.3 Å². The molecular formula is C19H19N3O4. The van der Waals surface area contributed by atoms with Gasteiger partial charge in [0.25, 0.3) is 0 Å². The molecule has 134 valence electrons. The van der Waals surface area contributed by atoms with Gasteiger partial charge in [-0.25, -0.2) is 9.59 Å². The quantitative estimate of drug-likeness (QED) is 0.688. The highest BCUT2D eigenvalue weighted by atomic mass is 16.6. The van der Waals surface area contributed by atoms with Crippen LogP contribution in [0.5, 0.6) is 5.75 Å². The van der Waals surface area contributed by atoms with Crippen molar-refractivity contribution in [2.75, 3.05) is 7.11 Å². The van der Waals surface area contributed by atoms with Gasteiger partial charge >= 0.3 is 12.1 Å². The number of amides is 1. The second kappa shape index (κ2) is 7.69. The number of hydrogen-bond acceptors (Lipinski definition) is 5. The van der Waals surface area contributed by atoms with Gasteiger partial charge in [-0.15, -0.1) is 0 Å². The number of nitrogens with zero attached hydrogens (tertiary/aromatic N) is 1. The fourth-order valence-electron chi connectivity index (χ4n) is 2.77. The van der Waals surface area contributed by atoms with E-state index >= 15 is 0 Å². The molecule has 2 aromatic carbocycles. The van der Waals surface area contributed by atoms with Gasteiger partial charge in [0, 0.05) is 11.8 Å². The van der Waals surface area contributed by atoms with Gasteiger partial charge in [-0.3, -0.25) is 5.10 Å². The van der Waals surface area contributed by atoms with Crippen molar-refractivity contribution in [1.29, 1.82) is 0 Å². The summed E-state index contributed by atoms with van der Waals surface area (Å²) in [4.78, 5) is 24.2. The van der Waals surface area contributed by atoms with Crippen LogP contribution in [0.1, 0.15) is 11.1 Å². The maximum Gasteiger partial charge on any atom is 0.413 e. The molecule has 26 heavy (non-hydrogen) atoms. The Hall–Kier alpha value is -3.35. The first kappa shape index (κ1) is 17.5. The highest BCUT2D eigenvalue weighted by Gasteiger charge is 2.23. The number of esters is 1. The third-order valence-corrected chi connectivity index (χ3v) is 3.98. The number of benzene rings is 2. The number of carbonyl (C=O) groups is 2. The maximum atomic E-state index is 12.1. The molecule has 0 aliphatic heterocycles. The number of para-hydroxylation sites is 1. The Morgan fingerprint density at radius 1 is 1.23 bits per heavy atom. The summed E-state index contributed by atoms with van der Waals surface area (Å²) in [5.74, 6) is -0.149. The average Bonchev–Trinajstić information content (AvgIpc) is 3.10. The number of ether oxygens (including phenoxy) is 2. The molecule has 0 radical (unpaired) electrons. The first-order chi connectivity index (χ1) is 12.6. The number of methoxy groups -OCH3 is 1. The zero-order valence-corrected chi connectivity index (χ0v) is 14.5. The summed E-state index contributed by atoms with van der Waals surface area (Å²) in [6.07, 6.45) is 1.28. The van der Waals surface area contributed by atoms with E-state index in [1.807, 2.05) is 25.1 Å². The predicted octanol–water partition coefficient (Wildman–Crippen LogP) is 2.74. The number of fused-ring (bicyclic) bond motifs is 1. The normalized spacial score (nSPS) is 11.8. The molecule has 0 saturated carbocycles. The Balaban J connectivity index is 1.74. The van der Waals surface area contributed by atoms with Crippen LogP contribution in [0.25, 0.3) is 10.9 Å². The van der Waals surface area contributed by atoms with Crippen LogP contribution >= 0.6 is 0 Å². The summed E-state index contributed by atoms with van der Waals surface area (Å²) in [6.45, 7) is 1.95. The first-order valence-electron chi connectivity index (χ1n) is 8.10. The fraction of sp³-hybridized carbons (Fsp3) is 0.211. The first-order valence-corrected chi connectivity index (χ1v) is 8.10. The van der Waals surface area contributed by atoms with Crippen LogP contribution < -0.4 is 10.1 Å². The van der Waals surface area contributed by atoms with Crippen molar-refractivity contribution in [3.05, 3.63) is 59.8 Å². The van der Waals surface area contributed by atoms with E-state index in [-0.39, 0.29) is 6.42 Å². The Bertz CT molecular complexity index is 921. The number of aryl methyl sites for hydroxylation is 1. The smallest absolute Gasteiger partial charge is 0.413 e. The van der Waals surface area contributed by atoms with Crippen molar-refractivity contribution in [3.8, 4) is 5.75 Å². The van der Waals surface area contributed by atoms with Crippen molar-refractivity contribution in [2.45, 2.75) is 19.4 Å². The van der Waals surface area contributed by atoms with Crippen molar-refractivity contribution in [2.24, 2.45) is 0 Å². The fourth-order valence-corrected chi connectivity index (χ4v) is 2.77. The van der Waals surface area contributed by atoms with Crippen LogP contribution in [0.4, 0.5) is 4.79 Å². The number of aromatic nitrogens is 2. The second-order valence-electron chi connectivity index (χ2n) is 5.87. The molecule has 3 rings (SSSR count). The molecule has 0 spiro atoms. The van der Waals surface area contributed by atoms with E-state index in [2.05, 4.69) is 15.5 Å². The number of rotatable bonds is 5. The second-order valence-corrected chi connectivity index (χ2v) is 5.87. The molecule has 1 aromatic heterocycles.